The van der Waals surface area contributed by atoms with Gasteiger partial charge in [0.05, 0.1) is 11.8 Å². The van der Waals surface area contributed by atoms with Crippen molar-refractivity contribution in [1.82, 2.24) is 4.90 Å². The van der Waals surface area contributed by atoms with Crippen LogP contribution in [0.4, 0.5) is 5.69 Å². The van der Waals surface area contributed by atoms with Crippen molar-refractivity contribution in [3.63, 3.8) is 0 Å². The fourth-order valence-electron chi connectivity index (χ4n) is 5.32. The predicted octanol–water partition coefficient (Wildman–Crippen LogP) is 3.35. The molecule has 1 saturated carbocycles. The van der Waals surface area contributed by atoms with Crippen molar-refractivity contribution in [3.05, 3.63) is 77.9 Å². The summed E-state index contributed by atoms with van der Waals surface area (Å²) in [5, 5.41) is 2.92. The van der Waals surface area contributed by atoms with Gasteiger partial charge in [-0.3, -0.25) is 19.3 Å². The number of carbonyl (C=O) groups excluding carboxylic acids is 3. The van der Waals surface area contributed by atoms with Crippen LogP contribution >= 0.6 is 0 Å². The number of nitrogens with one attached hydrogen (secondary N) is 1. The third-order valence-electron chi connectivity index (χ3n) is 6.68. The van der Waals surface area contributed by atoms with Gasteiger partial charge in [0.2, 0.25) is 17.7 Å². The summed E-state index contributed by atoms with van der Waals surface area (Å²) in [5.74, 6) is -1.08. The molecule has 5 heteroatoms. The number of nitrogens with zero attached hydrogens (tertiary/aromatic N) is 1. The minimum atomic E-state index is -0.863. The third kappa shape index (κ3) is 3.05. The van der Waals surface area contributed by atoms with Gasteiger partial charge in [-0.2, -0.15) is 0 Å². The van der Waals surface area contributed by atoms with Crippen molar-refractivity contribution in [2.24, 2.45) is 23.7 Å². The summed E-state index contributed by atoms with van der Waals surface area (Å²) in [6.45, 7) is 1.95. The Morgan fingerprint density at radius 1 is 1.00 bits per heavy atom. The molecule has 30 heavy (non-hydrogen) atoms. The minimum absolute atomic E-state index is 0.124. The van der Waals surface area contributed by atoms with Crippen LogP contribution in [0.25, 0.3) is 0 Å². The van der Waals surface area contributed by atoms with Crippen LogP contribution in [0, 0.1) is 30.6 Å². The van der Waals surface area contributed by atoms with Gasteiger partial charge in [0.15, 0.2) is 0 Å². The van der Waals surface area contributed by atoms with Crippen LogP contribution < -0.4 is 5.32 Å². The second kappa shape index (κ2) is 7.24. The van der Waals surface area contributed by atoms with E-state index in [-0.39, 0.29) is 41.4 Å². The smallest absolute Gasteiger partial charge is 0.248 e. The van der Waals surface area contributed by atoms with Crippen LogP contribution in [0.2, 0.25) is 0 Å². The Morgan fingerprint density at radius 2 is 1.67 bits per heavy atom. The number of benzene rings is 2. The van der Waals surface area contributed by atoms with E-state index in [1.54, 1.807) is 0 Å². The zero-order valence-electron chi connectivity index (χ0n) is 16.8. The number of fused-ring (bicyclic) bond motifs is 5. The zero-order chi connectivity index (χ0) is 20.8. The van der Waals surface area contributed by atoms with Crippen LogP contribution in [-0.4, -0.2) is 28.7 Å². The monoisotopic (exact) mass is 400 g/mol. The lowest BCUT2D eigenvalue weighted by Gasteiger charge is -2.27. The molecular formula is C25H24N2O3. The summed E-state index contributed by atoms with van der Waals surface area (Å²) in [6, 6.07) is 16.2. The number of likely N-dealkylation sites (tertiary alicyclic amines) is 1. The van der Waals surface area contributed by atoms with Gasteiger partial charge in [-0.15, -0.1) is 0 Å². The lowest BCUT2D eigenvalue weighted by Crippen LogP contribution is -2.49. The molecule has 2 aromatic rings. The van der Waals surface area contributed by atoms with Crippen LogP contribution in [0.15, 0.2) is 66.7 Å². The molecule has 3 aliphatic rings. The average molecular weight is 400 g/mol. The number of allylic oxidation sites excluding steroid dienone is 2. The molecule has 0 spiro atoms. The Bertz CT molecular complexity index is 1020. The highest BCUT2D eigenvalue weighted by molar-refractivity contribution is 6.11. The van der Waals surface area contributed by atoms with E-state index in [0.29, 0.717) is 12.1 Å². The molecule has 1 heterocycles. The van der Waals surface area contributed by atoms with Gasteiger partial charge in [0, 0.05) is 12.1 Å². The molecule has 2 fully saturated rings. The number of rotatable bonds is 5. The second-order valence-electron chi connectivity index (χ2n) is 8.61. The quantitative estimate of drug-likeness (QED) is 0.618. The zero-order valence-corrected chi connectivity index (χ0v) is 16.8. The molecule has 5 nitrogen and oxygen atoms in total. The van der Waals surface area contributed by atoms with Gasteiger partial charge in [0.1, 0.15) is 6.04 Å². The molecule has 2 aliphatic carbocycles. The third-order valence-corrected chi connectivity index (χ3v) is 6.68. The van der Waals surface area contributed by atoms with Crippen LogP contribution in [0.5, 0.6) is 0 Å². The molecule has 0 aromatic heterocycles. The molecule has 2 bridgehead atoms. The fraction of sp³-hybridized carbons (Fsp3) is 0.320. The molecule has 3 amide bonds. The molecule has 2 aromatic carbocycles. The van der Waals surface area contributed by atoms with Gasteiger partial charge in [0.25, 0.3) is 0 Å². The summed E-state index contributed by atoms with van der Waals surface area (Å²) < 4.78 is 0. The highest BCUT2D eigenvalue weighted by Crippen LogP contribution is 2.53. The molecule has 152 valence electrons. The molecule has 0 unspecified atom stereocenters. The first-order valence-corrected chi connectivity index (χ1v) is 10.5. The van der Waals surface area contributed by atoms with Crippen molar-refractivity contribution in [2.75, 3.05) is 5.32 Å². The lowest BCUT2D eigenvalue weighted by atomic mass is 9.85. The first-order chi connectivity index (χ1) is 14.5. The van der Waals surface area contributed by atoms with E-state index in [4.69, 9.17) is 0 Å². The van der Waals surface area contributed by atoms with E-state index in [2.05, 4.69) is 17.5 Å². The van der Waals surface area contributed by atoms with Crippen LogP contribution in [0.3, 0.4) is 0 Å². The summed E-state index contributed by atoms with van der Waals surface area (Å²) >= 11 is 0. The van der Waals surface area contributed by atoms with Crippen molar-refractivity contribution in [2.45, 2.75) is 25.8 Å². The summed E-state index contributed by atoms with van der Waals surface area (Å²) in [7, 11) is 0. The fourth-order valence-corrected chi connectivity index (χ4v) is 5.32. The maximum atomic E-state index is 13.3. The molecular weight excluding hydrogens is 376 g/mol. The van der Waals surface area contributed by atoms with E-state index in [1.165, 1.54) is 4.90 Å². The van der Waals surface area contributed by atoms with Crippen LogP contribution in [0.1, 0.15) is 17.5 Å². The number of anilines is 1. The standard InChI is InChI=1S/C25H24N2O3/c1-15-6-5-9-19(12-15)26-23(28)20(13-16-7-3-2-4-8-16)27-24(29)21-17-10-11-18(14-17)22(21)25(27)30/h2-12,17-18,20-22H,13-14H2,1H3,(H,26,28)/t17-,18+,20-,21+,22+/m1/s1. The van der Waals surface area contributed by atoms with Gasteiger partial charge in [-0.1, -0.05) is 54.6 Å². The van der Waals surface area contributed by atoms with Crippen molar-refractivity contribution in [1.29, 1.82) is 0 Å². The molecule has 5 rings (SSSR count). The maximum Gasteiger partial charge on any atom is 0.248 e. The Morgan fingerprint density at radius 3 is 2.30 bits per heavy atom. The molecule has 5 atom stereocenters. The first-order valence-electron chi connectivity index (χ1n) is 10.5. The number of carbonyl (C=O) groups is 3. The minimum Gasteiger partial charge on any atom is -0.324 e. The summed E-state index contributed by atoms with van der Waals surface area (Å²) in [4.78, 5) is 41.2. The highest BCUT2D eigenvalue weighted by atomic mass is 16.2. The molecule has 0 radical (unpaired) electrons. The Kier molecular flexibility index (Phi) is 4.54. The topological polar surface area (TPSA) is 66.5 Å². The normalized spacial score (nSPS) is 27.4. The van der Waals surface area contributed by atoms with E-state index in [0.717, 1.165) is 17.5 Å². The number of amides is 3. The predicted molar refractivity (Wildman–Crippen MR) is 113 cm³/mol. The first kappa shape index (κ1) is 18.8. The van der Waals surface area contributed by atoms with E-state index in [1.807, 2.05) is 61.5 Å². The molecule has 1 N–H and O–H groups in total. The largest absolute Gasteiger partial charge is 0.324 e. The number of aryl methyl sites for hydroxylation is 1. The van der Waals surface area contributed by atoms with Crippen LogP contribution in [-0.2, 0) is 20.8 Å². The molecule has 1 saturated heterocycles. The second-order valence-corrected chi connectivity index (χ2v) is 8.61. The maximum absolute atomic E-state index is 13.3. The van der Waals surface area contributed by atoms with Gasteiger partial charge >= 0.3 is 0 Å². The Balaban J connectivity index is 1.46. The molecule has 1 aliphatic heterocycles. The van der Waals surface area contributed by atoms with Crippen molar-refractivity contribution in [3.8, 4) is 0 Å². The Labute approximate surface area is 175 Å². The van der Waals surface area contributed by atoms with Gasteiger partial charge in [-0.25, -0.2) is 0 Å². The van der Waals surface area contributed by atoms with Gasteiger partial charge < -0.3 is 5.32 Å². The number of imide groups is 1. The van der Waals surface area contributed by atoms with Gasteiger partial charge in [-0.05, 0) is 48.4 Å². The van der Waals surface area contributed by atoms with E-state index >= 15 is 0 Å². The van der Waals surface area contributed by atoms with E-state index < -0.39 is 6.04 Å². The van der Waals surface area contributed by atoms with E-state index in [9.17, 15) is 14.4 Å². The Hall–Kier alpha value is -3.21. The highest BCUT2D eigenvalue weighted by Gasteiger charge is 2.61. The summed E-state index contributed by atoms with van der Waals surface area (Å²) in [6.07, 6.45) is 5.32. The SMILES string of the molecule is Cc1cccc(NC(=O)[C@@H](Cc2ccccc2)N2C(=O)[C@@H]3[C@@H](C2=O)[C@H]2C=C[C@@H]3C2)c1. The number of hydrogen-bond donors (Lipinski definition) is 1. The average Bonchev–Trinajstić information content (AvgIpc) is 3.41. The lowest BCUT2D eigenvalue weighted by molar-refractivity contribution is -0.147. The van der Waals surface area contributed by atoms with Crippen molar-refractivity contribution < 1.29 is 14.4 Å². The van der Waals surface area contributed by atoms with Crippen molar-refractivity contribution >= 4 is 23.4 Å². The number of hydrogen-bond acceptors (Lipinski definition) is 3. The summed E-state index contributed by atoms with van der Waals surface area (Å²) in [5.41, 5.74) is 2.61.